The fraction of sp³-hybridized carbons (Fsp3) is 0.667. The van der Waals surface area contributed by atoms with Crippen molar-refractivity contribution in [2.45, 2.75) is 37.8 Å². The van der Waals surface area contributed by atoms with Crippen LogP contribution in [0.3, 0.4) is 0 Å². The molecule has 2 atom stereocenters. The number of rotatable bonds is 1. The molecule has 1 saturated carbocycles. The third-order valence-electron chi connectivity index (χ3n) is 2.67. The minimum Gasteiger partial charge on any atom is -0.391 e. The third kappa shape index (κ3) is 1.71. The molecule has 0 bridgehead atoms. The van der Waals surface area contributed by atoms with Gasteiger partial charge in [-0.1, -0.05) is 12.8 Å². The molecule has 0 aliphatic heterocycles. The number of nitrogens with zero attached hydrogens (tertiary/aromatic N) is 2. The highest BCUT2D eigenvalue weighted by Gasteiger charge is 2.25. The average molecular weight is 201 g/mol. The number of aromatic nitrogens is 2. The second-order valence-corrected chi connectivity index (χ2v) is 3.86. The van der Waals surface area contributed by atoms with E-state index in [4.69, 9.17) is 11.6 Å². The van der Waals surface area contributed by atoms with Crippen molar-refractivity contribution in [1.82, 2.24) is 9.55 Å². The van der Waals surface area contributed by atoms with Crippen LogP contribution in [-0.2, 0) is 0 Å². The lowest BCUT2D eigenvalue weighted by atomic mass is 9.92. The Hall–Kier alpha value is -0.540. The highest BCUT2D eigenvalue weighted by atomic mass is 35.5. The Balaban J connectivity index is 2.19. The molecule has 0 aromatic carbocycles. The van der Waals surface area contributed by atoms with Gasteiger partial charge in [-0.25, -0.2) is 4.98 Å². The van der Waals surface area contributed by atoms with Crippen LogP contribution in [0.25, 0.3) is 0 Å². The minimum atomic E-state index is -0.263. The monoisotopic (exact) mass is 200 g/mol. The Morgan fingerprint density at radius 2 is 2.23 bits per heavy atom. The molecule has 72 valence electrons. The van der Waals surface area contributed by atoms with E-state index in [1.807, 2.05) is 10.8 Å². The molecule has 4 heteroatoms. The Labute approximate surface area is 82.4 Å². The fourth-order valence-electron chi connectivity index (χ4n) is 1.96. The summed E-state index contributed by atoms with van der Waals surface area (Å²) < 4.78 is 1.87. The first kappa shape index (κ1) is 9.03. The van der Waals surface area contributed by atoms with E-state index in [0.717, 1.165) is 25.7 Å². The molecule has 2 rings (SSSR count). The van der Waals surface area contributed by atoms with Crippen molar-refractivity contribution in [3.63, 3.8) is 0 Å². The zero-order chi connectivity index (χ0) is 9.26. The van der Waals surface area contributed by atoms with Gasteiger partial charge in [-0.05, 0) is 24.4 Å². The van der Waals surface area contributed by atoms with Crippen LogP contribution < -0.4 is 0 Å². The average Bonchev–Trinajstić information content (AvgIpc) is 2.52. The van der Waals surface area contributed by atoms with Gasteiger partial charge in [-0.3, -0.25) is 0 Å². The predicted molar refractivity (Wildman–Crippen MR) is 50.7 cm³/mol. The summed E-state index contributed by atoms with van der Waals surface area (Å²) in [6.45, 7) is 0. The molecule has 1 aliphatic carbocycles. The summed E-state index contributed by atoms with van der Waals surface area (Å²) in [6, 6.07) is 0.128. The van der Waals surface area contributed by atoms with E-state index < -0.39 is 0 Å². The molecule has 0 spiro atoms. The van der Waals surface area contributed by atoms with Gasteiger partial charge in [0.05, 0.1) is 12.1 Å². The molecule has 2 unspecified atom stereocenters. The number of aliphatic hydroxyl groups is 1. The van der Waals surface area contributed by atoms with Crippen molar-refractivity contribution in [3.05, 3.63) is 17.7 Å². The van der Waals surface area contributed by atoms with Gasteiger partial charge >= 0.3 is 0 Å². The van der Waals surface area contributed by atoms with E-state index in [-0.39, 0.29) is 12.1 Å². The van der Waals surface area contributed by atoms with Crippen molar-refractivity contribution in [1.29, 1.82) is 0 Å². The zero-order valence-electron chi connectivity index (χ0n) is 7.36. The van der Waals surface area contributed by atoms with Crippen LogP contribution in [0, 0.1) is 0 Å². The van der Waals surface area contributed by atoms with Gasteiger partial charge in [-0.15, -0.1) is 0 Å². The maximum Gasteiger partial charge on any atom is 0.203 e. The standard InChI is InChI=1S/C9H13ClN2O/c10-9-11-5-6-12(9)7-3-1-2-4-8(7)13/h5-8,13H,1-4H2. The van der Waals surface area contributed by atoms with Crippen LogP contribution >= 0.6 is 11.6 Å². The molecule has 13 heavy (non-hydrogen) atoms. The van der Waals surface area contributed by atoms with Gasteiger partial charge in [0.1, 0.15) is 0 Å². The number of hydrogen-bond donors (Lipinski definition) is 1. The van der Waals surface area contributed by atoms with Gasteiger partial charge in [0.2, 0.25) is 5.28 Å². The van der Waals surface area contributed by atoms with Gasteiger partial charge < -0.3 is 9.67 Å². The van der Waals surface area contributed by atoms with E-state index in [1.54, 1.807) is 6.20 Å². The summed E-state index contributed by atoms with van der Waals surface area (Å²) in [5, 5.41) is 10.2. The minimum absolute atomic E-state index is 0.128. The summed E-state index contributed by atoms with van der Waals surface area (Å²) in [6.07, 6.45) is 7.39. The van der Waals surface area contributed by atoms with Crippen LogP contribution in [0.2, 0.25) is 5.28 Å². The Bertz CT molecular complexity index is 287. The Morgan fingerprint density at radius 1 is 1.46 bits per heavy atom. The molecular formula is C9H13ClN2O. The van der Waals surface area contributed by atoms with Crippen molar-refractivity contribution < 1.29 is 5.11 Å². The number of aliphatic hydroxyl groups excluding tert-OH is 1. The summed E-state index contributed by atoms with van der Waals surface area (Å²) in [5.41, 5.74) is 0. The first-order valence-electron chi connectivity index (χ1n) is 4.65. The van der Waals surface area contributed by atoms with Crippen LogP contribution in [0.15, 0.2) is 12.4 Å². The first-order chi connectivity index (χ1) is 6.29. The zero-order valence-corrected chi connectivity index (χ0v) is 8.11. The molecular weight excluding hydrogens is 188 g/mol. The van der Waals surface area contributed by atoms with Crippen molar-refractivity contribution in [2.75, 3.05) is 0 Å². The maximum atomic E-state index is 9.76. The summed E-state index contributed by atoms with van der Waals surface area (Å²) in [5.74, 6) is 0. The lowest BCUT2D eigenvalue weighted by Crippen LogP contribution is -2.27. The van der Waals surface area contributed by atoms with Gasteiger partial charge in [-0.2, -0.15) is 0 Å². The van der Waals surface area contributed by atoms with E-state index >= 15 is 0 Å². The van der Waals surface area contributed by atoms with Gasteiger partial charge in [0.25, 0.3) is 0 Å². The van der Waals surface area contributed by atoms with Crippen LogP contribution in [0.5, 0.6) is 0 Å². The predicted octanol–water partition coefficient (Wildman–Crippen LogP) is 2.01. The second kappa shape index (κ2) is 3.68. The lowest BCUT2D eigenvalue weighted by Gasteiger charge is -2.28. The number of imidazole rings is 1. The highest BCUT2D eigenvalue weighted by molar-refractivity contribution is 6.28. The van der Waals surface area contributed by atoms with Crippen molar-refractivity contribution in [2.24, 2.45) is 0 Å². The molecule has 1 aromatic rings. The molecule has 1 heterocycles. The van der Waals surface area contributed by atoms with E-state index in [9.17, 15) is 5.11 Å². The summed E-state index contributed by atoms with van der Waals surface area (Å²) in [7, 11) is 0. The first-order valence-corrected chi connectivity index (χ1v) is 5.03. The van der Waals surface area contributed by atoms with Crippen LogP contribution in [-0.4, -0.2) is 20.8 Å². The van der Waals surface area contributed by atoms with Gasteiger partial charge in [0.15, 0.2) is 0 Å². The topological polar surface area (TPSA) is 38.0 Å². The molecule has 3 nitrogen and oxygen atoms in total. The van der Waals surface area contributed by atoms with E-state index in [0.29, 0.717) is 5.28 Å². The van der Waals surface area contributed by atoms with E-state index in [1.165, 1.54) is 0 Å². The van der Waals surface area contributed by atoms with E-state index in [2.05, 4.69) is 4.98 Å². The smallest absolute Gasteiger partial charge is 0.203 e. The molecule has 0 saturated heterocycles. The van der Waals surface area contributed by atoms with Crippen molar-refractivity contribution >= 4 is 11.6 Å². The Morgan fingerprint density at radius 3 is 2.85 bits per heavy atom. The molecule has 1 fully saturated rings. The summed E-state index contributed by atoms with van der Waals surface area (Å²) in [4.78, 5) is 3.94. The molecule has 0 amide bonds. The molecule has 1 aliphatic rings. The van der Waals surface area contributed by atoms with Gasteiger partial charge in [0, 0.05) is 12.4 Å². The van der Waals surface area contributed by atoms with Crippen LogP contribution in [0.4, 0.5) is 0 Å². The normalized spacial score (nSPS) is 29.1. The Kier molecular flexibility index (Phi) is 2.56. The molecule has 0 radical (unpaired) electrons. The molecule has 1 N–H and O–H groups in total. The van der Waals surface area contributed by atoms with Crippen molar-refractivity contribution in [3.8, 4) is 0 Å². The SMILES string of the molecule is OC1CCCCC1n1ccnc1Cl. The molecule has 1 aromatic heterocycles. The lowest BCUT2D eigenvalue weighted by molar-refractivity contribution is 0.0756. The quantitative estimate of drug-likeness (QED) is 0.753. The largest absolute Gasteiger partial charge is 0.391 e. The highest BCUT2D eigenvalue weighted by Crippen LogP contribution is 2.30. The fourth-order valence-corrected chi connectivity index (χ4v) is 2.20. The third-order valence-corrected chi connectivity index (χ3v) is 2.97. The van der Waals surface area contributed by atoms with Crippen LogP contribution in [0.1, 0.15) is 31.7 Å². The maximum absolute atomic E-state index is 9.76. The number of hydrogen-bond acceptors (Lipinski definition) is 2. The number of halogens is 1. The second-order valence-electron chi connectivity index (χ2n) is 3.52. The summed E-state index contributed by atoms with van der Waals surface area (Å²) >= 11 is 5.88.